The SMILES string of the molecule is Cc1ccc2cc3c(nc2c1)N(c1ccc(C(=O)Nc2nc(C)c(C)s2)cc1)CC3. The number of thiazole rings is 1. The van der Waals surface area contributed by atoms with E-state index in [9.17, 15) is 4.79 Å². The minimum Gasteiger partial charge on any atom is -0.326 e. The fourth-order valence-corrected chi connectivity index (χ4v) is 4.62. The summed E-state index contributed by atoms with van der Waals surface area (Å²) in [7, 11) is 0. The van der Waals surface area contributed by atoms with Crippen molar-refractivity contribution in [2.75, 3.05) is 16.8 Å². The molecule has 0 aliphatic carbocycles. The van der Waals surface area contributed by atoms with Gasteiger partial charge in [-0.15, -0.1) is 11.3 Å². The third kappa shape index (κ3) is 3.33. The summed E-state index contributed by atoms with van der Waals surface area (Å²) in [4.78, 5) is 25.2. The lowest BCUT2D eigenvalue weighted by Crippen LogP contribution is -2.15. The number of rotatable bonds is 3. The van der Waals surface area contributed by atoms with Crippen LogP contribution in [0.4, 0.5) is 16.6 Å². The Balaban J connectivity index is 1.39. The van der Waals surface area contributed by atoms with E-state index in [-0.39, 0.29) is 5.91 Å². The molecule has 6 heteroatoms. The first-order valence-electron chi connectivity index (χ1n) is 10.0. The third-order valence-corrected chi connectivity index (χ3v) is 6.57. The number of carbonyl (C=O) groups is 1. The Morgan fingerprint density at radius 2 is 1.83 bits per heavy atom. The minimum absolute atomic E-state index is 0.142. The Hall–Kier alpha value is -3.25. The molecule has 30 heavy (non-hydrogen) atoms. The van der Waals surface area contributed by atoms with Crippen LogP contribution >= 0.6 is 11.3 Å². The van der Waals surface area contributed by atoms with Crippen molar-refractivity contribution < 1.29 is 4.79 Å². The maximum atomic E-state index is 12.6. The second-order valence-electron chi connectivity index (χ2n) is 7.73. The van der Waals surface area contributed by atoms with Gasteiger partial charge in [-0.05, 0) is 74.7 Å². The molecule has 0 unspecified atom stereocenters. The fourth-order valence-electron chi connectivity index (χ4n) is 3.81. The normalized spacial score (nSPS) is 13.0. The number of aromatic nitrogens is 2. The number of amides is 1. The number of carbonyl (C=O) groups excluding carboxylic acids is 1. The van der Waals surface area contributed by atoms with Crippen LogP contribution in [0.5, 0.6) is 0 Å². The zero-order valence-electron chi connectivity index (χ0n) is 17.2. The highest BCUT2D eigenvalue weighted by molar-refractivity contribution is 7.15. The number of hydrogen-bond acceptors (Lipinski definition) is 5. The van der Waals surface area contributed by atoms with Crippen molar-refractivity contribution in [2.24, 2.45) is 0 Å². The molecule has 0 saturated carbocycles. The van der Waals surface area contributed by atoms with Crippen LogP contribution in [0, 0.1) is 20.8 Å². The molecule has 1 aliphatic rings. The van der Waals surface area contributed by atoms with Crippen LogP contribution in [-0.2, 0) is 6.42 Å². The molecule has 2 aromatic heterocycles. The van der Waals surface area contributed by atoms with E-state index in [4.69, 9.17) is 4.98 Å². The first-order chi connectivity index (χ1) is 14.5. The Bertz CT molecular complexity index is 1260. The smallest absolute Gasteiger partial charge is 0.257 e. The van der Waals surface area contributed by atoms with Crippen molar-refractivity contribution in [3.05, 3.63) is 75.8 Å². The lowest BCUT2D eigenvalue weighted by atomic mass is 10.1. The molecule has 2 aromatic carbocycles. The van der Waals surface area contributed by atoms with E-state index in [1.54, 1.807) is 0 Å². The van der Waals surface area contributed by atoms with Gasteiger partial charge in [-0.25, -0.2) is 9.97 Å². The molecule has 1 N–H and O–H groups in total. The minimum atomic E-state index is -0.142. The molecular formula is C24H22N4OS. The monoisotopic (exact) mass is 414 g/mol. The third-order valence-electron chi connectivity index (χ3n) is 5.58. The van der Waals surface area contributed by atoms with E-state index in [2.05, 4.69) is 46.4 Å². The molecule has 3 heterocycles. The van der Waals surface area contributed by atoms with Crippen LogP contribution in [0.15, 0.2) is 48.5 Å². The summed E-state index contributed by atoms with van der Waals surface area (Å²) in [5, 5.41) is 4.71. The maximum absolute atomic E-state index is 12.6. The second-order valence-corrected chi connectivity index (χ2v) is 8.93. The molecule has 5 rings (SSSR count). The van der Waals surface area contributed by atoms with Crippen LogP contribution in [-0.4, -0.2) is 22.4 Å². The van der Waals surface area contributed by atoms with Gasteiger partial charge >= 0.3 is 0 Å². The Labute approximate surface area is 179 Å². The van der Waals surface area contributed by atoms with Gasteiger partial charge in [0.1, 0.15) is 5.82 Å². The maximum Gasteiger partial charge on any atom is 0.257 e. The van der Waals surface area contributed by atoms with E-state index in [0.717, 1.165) is 40.6 Å². The molecular weight excluding hydrogens is 392 g/mol. The molecule has 0 atom stereocenters. The lowest BCUT2D eigenvalue weighted by Gasteiger charge is -2.19. The summed E-state index contributed by atoms with van der Waals surface area (Å²) in [6, 6.07) is 16.3. The summed E-state index contributed by atoms with van der Waals surface area (Å²) < 4.78 is 0. The van der Waals surface area contributed by atoms with Crippen LogP contribution in [0.1, 0.15) is 32.1 Å². The molecule has 1 aliphatic heterocycles. The quantitative estimate of drug-likeness (QED) is 0.477. The van der Waals surface area contributed by atoms with Crippen molar-refractivity contribution in [1.82, 2.24) is 9.97 Å². The number of benzene rings is 2. The topological polar surface area (TPSA) is 58.1 Å². The van der Waals surface area contributed by atoms with Crippen LogP contribution < -0.4 is 10.2 Å². The van der Waals surface area contributed by atoms with Gasteiger partial charge in [-0.3, -0.25) is 10.1 Å². The highest BCUT2D eigenvalue weighted by atomic mass is 32.1. The highest BCUT2D eigenvalue weighted by Crippen LogP contribution is 2.35. The number of nitrogens with one attached hydrogen (secondary N) is 1. The predicted octanol–water partition coefficient (Wildman–Crippen LogP) is 5.56. The second kappa shape index (κ2) is 7.22. The molecule has 150 valence electrons. The van der Waals surface area contributed by atoms with Gasteiger partial charge in [0.15, 0.2) is 5.13 Å². The fraction of sp³-hybridized carbons (Fsp3) is 0.208. The predicted molar refractivity (Wildman–Crippen MR) is 123 cm³/mol. The number of pyridine rings is 1. The summed E-state index contributed by atoms with van der Waals surface area (Å²) in [5.41, 5.74) is 6.11. The number of hydrogen-bond donors (Lipinski definition) is 1. The summed E-state index contributed by atoms with van der Waals surface area (Å²) in [6.07, 6.45) is 0.969. The molecule has 4 aromatic rings. The molecule has 0 bridgehead atoms. The number of fused-ring (bicyclic) bond motifs is 2. The number of aryl methyl sites for hydroxylation is 3. The Morgan fingerprint density at radius 1 is 1.03 bits per heavy atom. The first kappa shape index (κ1) is 18.8. The average Bonchev–Trinajstić information content (AvgIpc) is 3.28. The van der Waals surface area contributed by atoms with Gasteiger partial charge in [0, 0.05) is 28.1 Å². The molecule has 0 fully saturated rings. The molecule has 0 spiro atoms. The first-order valence-corrected chi connectivity index (χ1v) is 10.8. The van der Waals surface area contributed by atoms with Crippen molar-refractivity contribution in [1.29, 1.82) is 0 Å². The standard InChI is InChI=1S/C24H22N4OS/c1-14-4-5-18-13-19-10-11-28(22(19)26-21(18)12-14)20-8-6-17(7-9-20)23(29)27-24-25-15(2)16(3)30-24/h4-9,12-13H,10-11H2,1-3H3,(H,25,27,29). The highest BCUT2D eigenvalue weighted by Gasteiger charge is 2.23. The van der Waals surface area contributed by atoms with Crippen molar-refractivity contribution in [3.8, 4) is 0 Å². The van der Waals surface area contributed by atoms with Crippen molar-refractivity contribution in [3.63, 3.8) is 0 Å². The Morgan fingerprint density at radius 3 is 2.57 bits per heavy atom. The lowest BCUT2D eigenvalue weighted by molar-refractivity contribution is 0.102. The van der Waals surface area contributed by atoms with E-state index < -0.39 is 0 Å². The van der Waals surface area contributed by atoms with Gasteiger partial charge in [0.2, 0.25) is 0 Å². The number of anilines is 3. The zero-order chi connectivity index (χ0) is 20.8. The number of nitrogens with zero attached hydrogens (tertiary/aromatic N) is 3. The van der Waals surface area contributed by atoms with Gasteiger partial charge < -0.3 is 4.90 Å². The van der Waals surface area contributed by atoms with Gasteiger partial charge in [0.25, 0.3) is 5.91 Å². The summed E-state index contributed by atoms with van der Waals surface area (Å²) >= 11 is 1.50. The molecule has 0 radical (unpaired) electrons. The van der Waals surface area contributed by atoms with E-state index in [1.807, 2.05) is 38.1 Å². The van der Waals surface area contributed by atoms with Crippen molar-refractivity contribution in [2.45, 2.75) is 27.2 Å². The zero-order valence-corrected chi connectivity index (χ0v) is 18.0. The van der Waals surface area contributed by atoms with Crippen molar-refractivity contribution >= 4 is 44.8 Å². The van der Waals surface area contributed by atoms with E-state index >= 15 is 0 Å². The largest absolute Gasteiger partial charge is 0.326 e. The van der Waals surface area contributed by atoms with E-state index in [0.29, 0.717) is 10.7 Å². The van der Waals surface area contributed by atoms with Crippen LogP contribution in [0.25, 0.3) is 10.9 Å². The van der Waals surface area contributed by atoms with E-state index in [1.165, 1.54) is 27.8 Å². The summed E-state index contributed by atoms with van der Waals surface area (Å²) in [5.74, 6) is 0.871. The van der Waals surface area contributed by atoms with Crippen LogP contribution in [0.3, 0.4) is 0 Å². The molecule has 5 nitrogen and oxygen atoms in total. The molecule has 0 saturated heterocycles. The van der Waals surface area contributed by atoms with Gasteiger partial charge in [-0.1, -0.05) is 12.1 Å². The molecule has 1 amide bonds. The Kier molecular flexibility index (Phi) is 4.51. The van der Waals surface area contributed by atoms with Gasteiger partial charge in [-0.2, -0.15) is 0 Å². The average molecular weight is 415 g/mol. The summed E-state index contributed by atoms with van der Waals surface area (Å²) in [6.45, 7) is 6.93. The van der Waals surface area contributed by atoms with Gasteiger partial charge in [0.05, 0.1) is 11.2 Å². The van der Waals surface area contributed by atoms with Crippen LogP contribution in [0.2, 0.25) is 0 Å².